The van der Waals surface area contributed by atoms with E-state index < -0.39 is 6.10 Å². The first-order chi connectivity index (χ1) is 17.0. The topological polar surface area (TPSA) is 67.9 Å². The normalized spacial score (nSPS) is 17.8. The summed E-state index contributed by atoms with van der Waals surface area (Å²) < 4.78 is 11.2. The molecule has 6 heteroatoms. The molecule has 6 nitrogen and oxygen atoms in total. The number of fused-ring (bicyclic) bond motifs is 1. The zero-order valence-electron chi connectivity index (χ0n) is 20.1. The Bertz CT molecular complexity index is 1210. The molecule has 5 rings (SSSR count). The van der Waals surface area contributed by atoms with Crippen LogP contribution in [0.2, 0.25) is 0 Å². The number of hydrogen-bond donors (Lipinski definition) is 1. The second kappa shape index (κ2) is 9.82. The van der Waals surface area contributed by atoms with Crippen LogP contribution in [0.25, 0.3) is 0 Å². The molecule has 3 aromatic rings. The van der Waals surface area contributed by atoms with Crippen LogP contribution in [0.15, 0.2) is 72.8 Å². The van der Waals surface area contributed by atoms with Crippen LogP contribution in [-0.4, -0.2) is 36.5 Å². The highest BCUT2D eigenvalue weighted by Crippen LogP contribution is 2.41. The number of rotatable bonds is 7. The van der Waals surface area contributed by atoms with Crippen molar-refractivity contribution in [2.24, 2.45) is 5.92 Å². The number of nitrogens with one attached hydrogen (secondary N) is 1. The molecule has 0 aromatic heterocycles. The summed E-state index contributed by atoms with van der Waals surface area (Å²) in [6.07, 6.45) is 2.07. The number of carbonyl (C=O) groups is 2. The van der Waals surface area contributed by atoms with E-state index >= 15 is 0 Å². The predicted molar refractivity (Wildman–Crippen MR) is 135 cm³/mol. The summed E-state index contributed by atoms with van der Waals surface area (Å²) in [5, 5.41) is 2.88. The Balaban J connectivity index is 1.37. The minimum Gasteiger partial charge on any atom is -0.497 e. The Morgan fingerprint density at radius 2 is 1.69 bits per heavy atom. The van der Waals surface area contributed by atoms with Crippen molar-refractivity contribution in [1.29, 1.82) is 0 Å². The van der Waals surface area contributed by atoms with Crippen molar-refractivity contribution in [2.75, 3.05) is 19.0 Å². The van der Waals surface area contributed by atoms with Crippen LogP contribution in [-0.2, 0) is 16.0 Å². The van der Waals surface area contributed by atoms with Gasteiger partial charge in [0.2, 0.25) is 5.91 Å². The molecule has 0 radical (unpaired) electrons. The lowest BCUT2D eigenvalue weighted by atomic mass is 9.87. The SMILES string of the molecule is COc1ccc(NC(=O)[C@H](C)Oc2ccc3c(c2)[C@H](c2ccccc2)N(C(=O)C2CC2)CC3)cc1. The maximum atomic E-state index is 13.2. The monoisotopic (exact) mass is 470 g/mol. The Morgan fingerprint density at radius 1 is 0.971 bits per heavy atom. The summed E-state index contributed by atoms with van der Waals surface area (Å²) in [5.74, 6) is 1.50. The van der Waals surface area contributed by atoms with Gasteiger partial charge >= 0.3 is 0 Å². The lowest BCUT2D eigenvalue weighted by Crippen LogP contribution is -2.41. The fourth-order valence-corrected chi connectivity index (χ4v) is 4.64. The third-order valence-corrected chi connectivity index (χ3v) is 6.71. The Hall–Kier alpha value is -3.80. The molecule has 0 spiro atoms. The zero-order valence-corrected chi connectivity index (χ0v) is 20.1. The van der Waals surface area contributed by atoms with Gasteiger partial charge < -0.3 is 19.7 Å². The molecule has 3 aromatic carbocycles. The number of nitrogens with zero attached hydrogens (tertiary/aromatic N) is 1. The molecule has 1 N–H and O–H groups in total. The summed E-state index contributed by atoms with van der Waals surface area (Å²) in [7, 11) is 1.60. The van der Waals surface area contributed by atoms with Crippen molar-refractivity contribution in [2.45, 2.75) is 38.3 Å². The third kappa shape index (κ3) is 5.02. The summed E-state index contributed by atoms with van der Waals surface area (Å²) in [5.41, 5.74) is 4.04. The number of ether oxygens (including phenoxy) is 2. The first-order valence-electron chi connectivity index (χ1n) is 12.1. The van der Waals surface area contributed by atoms with Crippen LogP contribution >= 0.6 is 0 Å². The van der Waals surface area contributed by atoms with E-state index in [-0.39, 0.29) is 23.8 Å². The lowest BCUT2D eigenvalue weighted by molar-refractivity contribution is -0.134. The number of methoxy groups -OCH3 is 1. The zero-order chi connectivity index (χ0) is 24.4. The highest BCUT2D eigenvalue weighted by Gasteiger charge is 2.39. The molecule has 2 atom stereocenters. The van der Waals surface area contributed by atoms with Gasteiger partial charge in [0, 0.05) is 18.2 Å². The van der Waals surface area contributed by atoms with Gasteiger partial charge in [0.05, 0.1) is 13.2 Å². The molecule has 1 heterocycles. The second-order valence-electron chi connectivity index (χ2n) is 9.21. The molecule has 1 aliphatic heterocycles. The third-order valence-electron chi connectivity index (χ3n) is 6.71. The molecule has 2 aliphatic rings. The van der Waals surface area contributed by atoms with Gasteiger partial charge in [0.15, 0.2) is 6.10 Å². The van der Waals surface area contributed by atoms with E-state index in [4.69, 9.17) is 9.47 Å². The number of hydrogen-bond acceptors (Lipinski definition) is 4. The van der Waals surface area contributed by atoms with Gasteiger partial charge in [-0.25, -0.2) is 0 Å². The van der Waals surface area contributed by atoms with Gasteiger partial charge in [-0.3, -0.25) is 9.59 Å². The largest absolute Gasteiger partial charge is 0.497 e. The van der Waals surface area contributed by atoms with Crippen molar-refractivity contribution in [3.63, 3.8) is 0 Å². The van der Waals surface area contributed by atoms with Crippen LogP contribution in [0.4, 0.5) is 5.69 Å². The van der Waals surface area contributed by atoms with E-state index in [1.165, 1.54) is 5.56 Å². The molecule has 180 valence electrons. The van der Waals surface area contributed by atoms with Crippen molar-refractivity contribution in [3.8, 4) is 11.5 Å². The molecule has 1 saturated carbocycles. The second-order valence-corrected chi connectivity index (χ2v) is 9.21. The van der Waals surface area contributed by atoms with Crippen LogP contribution in [0, 0.1) is 5.92 Å². The predicted octanol–water partition coefficient (Wildman–Crippen LogP) is 4.99. The van der Waals surface area contributed by atoms with Crippen LogP contribution in [0.5, 0.6) is 11.5 Å². The summed E-state index contributed by atoms with van der Waals surface area (Å²) in [6.45, 7) is 2.44. The van der Waals surface area contributed by atoms with E-state index in [0.717, 1.165) is 36.1 Å². The minimum absolute atomic E-state index is 0.153. The fourth-order valence-electron chi connectivity index (χ4n) is 4.64. The number of carbonyl (C=O) groups excluding carboxylic acids is 2. The molecule has 1 fully saturated rings. The molecule has 0 bridgehead atoms. The first kappa shape index (κ1) is 23.0. The molecule has 0 saturated heterocycles. The summed E-state index contributed by atoms with van der Waals surface area (Å²) >= 11 is 0. The molecular weight excluding hydrogens is 440 g/mol. The quantitative estimate of drug-likeness (QED) is 0.529. The minimum atomic E-state index is -0.696. The van der Waals surface area contributed by atoms with Crippen molar-refractivity contribution >= 4 is 17.5 Å². The van der Waals surface area contributed by atoms with E-state index in [9.17, 15) is 9.59 Å². The van der Waals surface area contributed by atoms with E-state index in [0.29, 0.717) is 18.0 Å². The Kier molecular flexibility index (Phi) is 6.45. The van der Waals surface area contributed by atoms with Gasteiger partial charge in [-0.05, 0) is 79.3 Å². The average molecular weight is 471 g/mol. The summed E-state index contributed by atoms with van der Waals surface area (Å²) in [6, 6.07) is 23.1. The van der Waals surface area contributed by atoms with Crippen LogP contribution in [0.3, 0.4) is 0 Å². The number of amides is 2. The molecule has 0 unspecified atom stereocenters. The van der Waals surface area contributed by atoms with Gasteiger partial charge in [-0.2, -0.15) is 0 Å². The molecule has 35 heavy (non-hydrogen) atoms. The highest BCUT2D eigenvalue weighted by atomic mass is 16.5. The smallest absolute Gasteiger partial charge is 0.265 e. The highest BCUT2D eigenvalue weighted by molar-refractivity contribution is 5.94. The number of benzene rings is 3. The van der Waals surface area contributed by atoms with E-state index in [1.54, 1.807) is 38.3 Å². The lowest BCUT2D eigenvalue weighted by Gasteiger charge is -2.38. The number of anilines is 1. The van der Waals surface area contributed by atoms with E-state index in [2.05, 4.69) is 23.5 Å². The first-order valence-corrected chi connectivity index (χ1v) is 12.1. The maximum absolute atomic E-state index is 13.2. The van der Waals surface area contributed by atoms with Crippen molar-refractivity contribution in [1.82, 2.24) is 4.90 Å². The van der Waals surface area contributed by atoms with Gasteiger partial charge in [0.1, 0.15) is 11.5 Å². The van der Waals surface area contributed by atoms with Crippen LogP contribution in [0.1, 0.15) is 42.5 Å². The Morgan fingerprint density at radius 3 is 2.37 bits per heavy atom. The fraction of sp³-hybridized carbons (Fsp3) is 0.310. The maximum Gasteiger partial charge on any atom is 0.265 e. The van der Waals surface area contributed by atoms with Gasteiger partial charge in [-0.15, -0.1) is 0 Å². The standard InChI is InChI=1S/C29H30N2O4/c1-19(28(32)30-23-11-14-24(34-2)15-12-23)35-25-13-10-20-16-17-31(29(33)22-8-9-22)27(26(20)18-25)21-6-4-3-5-7-21/h3-7,10-15,18-19,22,27H,8-9,16-17H2,1-2H3,(H,30,32)/t19-,27-/m0/s1. The Labute approximate surface area is 205 Å². The van der Waals surface area contributed by atoms with Crippen molar-refractivity contribution < 1.29 is 19.1 Å². The average Bonchev–Trinajstić information content (AvgIpc) is 3.74. The van der Waals surface area contributed by atoms with Gasteiger partial charge in [-0.1, -0.05) is 36.4 Å². The van der Waals surface area contributed by atoms with Crippen LogP contribution < -0.4 is 14.8 Å². The summed E-state index contributed by atoms with van der Waals surface area (Å²) in [4.78, 5) is 27.9. The van der Waals surface area contributed by atoms with Gasteiger partial charge in [0.25, 0.3) is 5.91 Å². The van der Waals surface area contributed by atoms with Crippen molar-refractivity contribution in [3.05, 3.63) is 89.5 Å². The molecule has 1 aliphatic carbocycles. The molecule has 2 amide bonds. The molecular formula is C29H30N2O4. The van der Waals surface area contributed by atoms with E-state index in [1.807, 2.05) is 35.2 Å².